The van der Waals surface area contributed by atoms with Crippen molar-refractivity contribution in [2.75, 3.05) is 10.3 Å². The van der Waals surface area contributed by atoms with Gasteiger partial charge < -0.3 is 6.15 Å². The maximum Gasteiger partial charge on any atom is 0.0903 e. The summed E-state index contributed by atoms with van der Waals surface area (Å²) in [5, 5.41) is 20.9. The van der Waals surface area contributed by atoms with Gasteiger partial charge in [0.1, 0.15) is 0 Å². The number of anilines is 2. The van der Waals surface area contributed by atoms with E-state index in [-0.39, 0.29) is 6.15 Å². The third-order valence-electron chi connectivity index (χ3n) is 2.15. The summed E-state index contributed by atoms with van der Waals surface area (Å²) in [6, 6.07) is 17.5. The second kappa shape index (κ2) is 5.86. The molecule has 0 bridgehead atoms. The van der Waals surface area contributed by atoms with E-state index in [1.165, 1.54) is 0 Å². The maximum absolute atomic E-state index is 9.75. The molecule has 0 radical (unpaired) electrons. The van der Waals surface area contributed by atoms with Gasteiger partial charge in [0.15, 0.2) is 0 Å². The van der Waals surface area contributed by atoms with Crippen LogP contribution in [0.3, 0.4) is 0 Å². The molecule has 5 nitrogen and oxygen atoms in total. The average molecular weight is 233 g/mol. The van der Waals surface area contributed by atoms with Crippen molar-refractivity contribution in [3.63, 3.8) is 0 Å². The molecule has 5 heteroatoms. The highest BCUT2D eigenvalue weighted by Crippen LogP contribution is 2.18. The second-order valence-corrected chi connectivity index (χ2v) is 3.25. The highest BCUT2D eigenvalue weighted by Gasteiger charge is 2.11. The topological polar surface area (TPSA) is 81.9 Å². The first-order valence-electron chi connectivity index (χ1n) is 4.87. The van der Waals surface area contributed by atoms with Crippen LogP contribution in [0.15, 0.2) is 60.7 Å². The van der Waals surface area contributed by atoms with Gasteiger partial charge in [-0.15, -0.1) is 10.3 Å². The van der Waals surface area contributed by atoms with Gasteiger partial charge in [0.25, 0.3) is 0 Å². The molecule has 0 aliphatic rings. The third-order valence-corrected chi connectivity index (χ3v) is 2.15. The number of hydrazine groups is 1. The summed E-state index contributed by atoms with van der Waals surface area (Å²) in [4.78, 5) is 0. The van der Waals surface area contributed by atoms with Gasteiger partial charge >= 0.3 is 0 Å². The van der Waals surface area contributed by atoms with E-state index in [0.717, 1.165) is 0 Å². The summed E-state index contributed by atoms with van der Waals surface area (Å²) < 4.78 is 0. The molecule has 17 heavy (non-hydrogen) atoms. The van der Waals surface area contributed by atoms with E-state index in [2.05, 4.69) is 0 Å². The van der Waals surface area contributed by atoms with Crippen molar-refractivity contribution in [3.05, 3.63) is 60.7 Å². The molecule has 0 fully saturated rings. The fourth-order valence-electron chi connectivity index (χ4n) is 1.34. The zero-order chi connectivity index (χ0) is 11.4. The Hall–Kier alpha value is -2.08. The normalized spacial score (nSPS) is 9.29. The predicted molar refractivity (Wildman–Crippen MR) is 66.4 cm³/mol. The summed E-state index contributed by atoms with van der Waals surface area (Å²) in [6.45, 7) is 0. The van der Waals surface area contributed by atoms with Crippen molar-refractivity contribution in [1.29, 1.82) is 0 Å². The van der Waals surface area contributed by atoms with Crippen LogP contribution < -0.4 is 16.5 Å². The molecule has 0 aliphatic carbocycles. The lowest BCUT2D eigenvalue weighted by Crippen LogP contribution is -2.37. The maximum atomic E-state index is 9.75. The Morgan fingerprint density at radius 3 is 1.18 bits per heavy atom. The van der Waals surface area contributed by atoms with E-state index >= 15 is 0 Å². The number of para-hydroxylation sites is 2. The first kappa shape index (κ1) is 13.0. The minimum atomic E-state index is 0. The quantitative estimate of drug-likeness (QED) is 0.710. The largest absolute Gasteiger partial charge is 0.344 e. The van der Waals surface area contributed by atoms with Crippen molar-refractivity contribution >= 4 is 11.4 Å². The van der Waals surface area contributed by atoms with Crippen LogP contribution in [0.4, 0.5) is 11.4 Å². The Kier molecular flexibility index (Phi) is 4.47. The molecule has 0 saturated heterocycles. The van der Waals surface area contributed by atoms with Crippen LogP contribution in [0.25, 0.3) is 0 Å². The molecular formula is C12H15N3O2. The monoisotopic (exact) mass is 233 g/mol. The second-order valence-electron chi connectivity index (χ2n) is 3.25. The molecule has 0 heterocycles. The standard InChI is InChI=1S/C12H12N2O2.H3N/c15-13(11-7-3-1-4-8-11)14(16)12-9-5-2-6-10-12;/h1-10,15-16H;1H3. The smallest absolute Gasteiger partial charge is 0.0903 e. The zero-order valence-corrected chi connectivity index (χ0v) is 9.27. The fourth-order valence-corrected chi connectivity index (χ4v) is 1.34. The van der Waals surface area contributed by atoms with Crippen molar-refractivity contribution < 1.29 is 10.4 Å². The van der Waals surface area contributed by atoms with Crippen LogP contribution in [0, 0.1) is 0 Å². The van der Waals surface area contributed by atoms with E-state index in [9.17, 15) is 10.4 Å². The molecule has 0 atom stereocenters. The van der Waals surface area contributed by atoms with Crippen molar-refractivity contribution in [2.45, 2.75) is 0 Å². The molecule has 2 aromatic carbocycles. The number of benzene rings is 2. The van der Waals surface area contributed by atoms with E-state index in [0.29, 0.717) is 21.7 Å². The van der Waals surface area contributed by atoms with Gasteiger partial charge in [0.2, 0.25) is 0 Å². The lowest BCUT2D eigenvalue weighted by atomic mass is 10.3. The van der Waals surface area contributed by atoms with Gasteiger partial charge in [0, 0.05) is 0 Å². The van der Waals surface area contributed by atoms with E-state index in [1.807, 2.05) is 12.1 Å². The van der Waals surface area contributed by atoms with Crippen molar-refractivity contribution in [1.82, 2.24) is 6.15 Å². The van der Waals surface area contributed by atoms with Gasteiger partial charge in [-0.25, -0.2) is 0 Å². The van der Waals surface area contributed by atoms with Crippen molar-refractivity contribution in [2.24, 2.45) is 0 Å². The van der Waals surface area contributed by atoms with Crippen LogP contribution in [-0.4, -0.2) is 10.4 Å². The van der Waals surface area contributed by atoms with Crippen LogP contribution >= 0.6 is 0 Å². The molecule has 0 aromatic heterocycles. The summed E-state index contributed by atoms with van der Waals surface area (Å²) in [7, 11) is 0. The van der Waals surface area contributed by atoms with Gasteiger partial charge in [-0.2, -0.15) is 0 Å². The summed E-state index contributed by atoms with van der Waals surface area (Å²) in [5.74, 6) is 0. The Bertz CT molecular complexity index is 393. The Morgan fingerprint density at radius 2 is 0.882 bits per heavy atom. The van der Waals surface area contributed by atoms with E-state index in [4.69, 9.17) is 0 Å². The fraction of sp³-hybridized carbons (Fsp3) is 0. The molecule has 5 N–H and O–H groups in total. The highest BCUT2D eigenvalue weighted by atomic mass is 16.7. The molecule has 2 aromatic rings. The lowest BCUT2D eigenvalue weighted by molar-refractivity contribution is 0.118. The van der Waals surface area contributed by atoms with Crippen LogP contribution in [-0.2, 0) is 0 Å². The average Bonchev–Trinajstić information content (AvgIpc) is 2.39. The molecule has 90 valence electrons. The van der Waals surface area contributed by atoms with Crippen LogP contribution in [0.1, 0.15) is 0 Å². The number of nitrogens with zero attached hydrogens (tertiary/aromatic N) is 2. The molecule has 0 saturated carbocycles. The molecule has 0 aliphatic heterocycles. The molecule has 0 amide bonds. The minimum Gasteiger partial charge on any atom is -0.344 e. The lowest BCUT2D eigenvalue weighted by Gasteiger charge is -2.26. The molecular weight excluding hydrogens is 218 g/mol. The Labute approximate surface area is 99.6 Å². The molecule has 2 rings (SSSR count). The number of hydrogen-bond donors (Lipinski definition) is 3. The number of rotatable bonds is 3. The highest BCUT2D eigenvalue weighted by molar-refractivity contribution is 5.52. The van der Waals surface area contributed by atoms with Gasteiger partial charge in [-0.3, -0.25) is 10.4 Å². The molecule has 0 unspecified atom stereocenters. The number of hydrogen-bond acceptors (Lipinski definition) is 5. The Balaban J connectivity index is 0.00000144. The summed E-state index contributed by atoms with van der Waals surface area (Å²) in [5.41, 5.74) is 0.961. The summed E-state index contributed by atoms with van der Waals surface area (Å²) >= 11 is 0. The van der Waals surface area contributed by atoms with E-state index in [1.54, 1.807) is 48.5 Å². The first-order valence-corrected chi connectivity index (χ1v) is 4.87. The third kappa shape index (κ3) is 2.94. The Morgan fingerprint density at radius 1 is 0.588 bits per heavy atom. The van der Waals surface area contributed by atoms with Gasteiger partial charge in [0.05, 0.1) is 11.4 Å². The van der Waals surface area contributed by atoms with Gasteiger partial charge in [-0.1, -0.05) is 36.4 Å². The summed E-state index contributed by atoms with van der Waals surface area (Å²) in [6.07, 6.45) is 0. The minimum absolute atomic E-state index is 0. The van der Waals surface area contributed by atoms with Crippen LogP contribution in [0.5, 0.6) is 0 Å². The zero-order valence-electron chi connectivity index (χ0n) is 9.27. The predicted octanol–water partition coefficient (Wildman–Crippen LogP) is 2.86. The van der Waals surface area contributed by atoms with Gasteiger partial charge in [-0.05, 0) is 24.3 Å². The van der Waals surface area contributed by atoms with Crippen molar-refractivity contribution in [3.8, 4) is 0 Å². The SMILES string of the molecule is N.ON(c1ccccc1)N(O)c1ccccc1. The molecule has 0 spiro atoms. The van der Waals surface area contributed by atoms with E-state index < -0.39 is 0 Å². The van der Waals surface area contributed by atoms with Crippen LogP contribution in [0.2, 0.25) is 0 Å². The first-order chi connectivity index (χ1) is 7.79.